The van der Waals surface area contributed by atoms with E-state index in [1.165, 1.54) is 16.5 Å². The molecule has 3 rings (SSSR count). The SMILES string of the molecule is CCc1ncccc1-c1ccc2cnn(C)c2c1. The molecule has 2 aromatic heterocycles. The fraction of sp³-hybridized carbons (Fsp3) is 0.200. The number of hydrogen-bond acceptors (Lipinski definition) is 2. The van der Waals surface area contributed by atoms with E-state index in [1.54, 1.807) is 0 Å². The Labute approximate surface area is 106 Å². The first-order valence-corrected chi connectivity index (χ1v) is 6.15. The Balaban J connectivity index is 2.21. The molecule has 90 valence electrons. The summed E-state index contributed by atoms with van der Waals surface area (Å²) < 4.78 is 1.90. The van der Waals surface area contributed by atoms with E-state index in [0.717, 1.165) is 17.6 Å². The van der Waals surface area contributed by atoms with Crippen LogP contribution >= 0.6 is 0 Å². The molecule has 3 aromatic rings. The zero-order chi connectivity index (χ0) is 12.5. The van der Waals surface area contributed by atoms with Gasteiger partial charge in [0.2, 0.25) is 0 Å². The predicted molar refractivity (Wildman–Crippen MR) is 73.3 cm³/mol. The number of nitrogens with zero attached hydrogens (tertiary/aromatic N) is 3. The van der Waals surface area contributed by atoms with Gasteiger partial charge in [-0.3, -0.25) is 9.67 Å². The van der Waals surface area contributed by atoms with Gasteiger partial charge < -0.3 is 0 Å². The van der Waals surface area contributed by atoms with Gasteiger partial charge in [0, 0.05) is 29.9 Å². The first-order chi connectivity index (χ1) is 8.79. The third-order valence-corrected chi connectivity index (χ3v) is 3.29. The van der Waals surface area contributed by atoms with Gasteiger partial charge in [-0.15, -0.1) is 0 Å². The number of aromatic nitrogens is 3. The lowest BCUT2D eigenvalue weighted by Crippen LogP contribution is -1.92. The van der Waals surface area contributed by atoms with Gasteiger partial charge in [0.25, 0.3) is 0 Å². The molecule has 0 N–H and O–H groups in total. The molecule has 0 fully saturated rings. The average molecular weight is 237 g/mol. The van der Waals surface area contributed by atoms with Crippen molar-refractivity contribution in [2.45, 2.75) is 13.3 Å². The van der Waals surface area contributed by atoms with Crippen LogP contribution in [0.2, 0.25) is 0 Å². The summed E-state index contributed by atoms with van der Waals surface area (Å²) in [5, 5.41) is 5.44. The van der Waals surface area contributed by atoms with E-state index in [1.807, 2.05) is 30.2 Å². The van der Waals surface area contributed by atoms with E-state index in [9.17, 15) is 0 Å². The van der Waals surface area contributed by atoms with E-state index >= 15 is 0 Å². The summed E-state index contributed by atoms with van der Waals surface area (Å²) in [6.07, 6.45) is 4.69. The highest BCUT2D eigenvalue weighted by molar-refractivity contribution is 5.84. The van der Waals surface area contributed by atoms with Gasteiger partial charge in [-0.1, -0.05) is 25.1 Å². The minimum Gasteiger partial charge on any atom is -0.268 e. The molecule has 18 heavy (non-hydrogen) atoms. The van der Waals surface area contributed by atoms with Crippen LogP contribution < -0.4 is 0 Å². The maximum Gasteiger partial charge on any atom is 0.0685 e. The number of benzene rings is 1. The molecule has 0 spiro atoms. The van der Waals surface area contributed by atoms with Gasteiger partial charge in [0.1, 0.15) is 0 Å². The lowest BCUT2D eigenvalue weighted by Gasteiger charge is -2.07. The van der Waals surface area contributed by atoms with E-state index in [4.69, 9.17) is 0 Å². The molecule has 0 saturated heterocycles. The Morgan fingerprint density at radius 3 is 2.94 bits per heavy atom. The first kappa shape index (κ1) is 11.0. The van der Waals surface area contributed by atoms with Crippen LogP contribution in [0.1, 0.15) is 12.6 Å². The summed E-state index contributed by atoms with van der Waals surface area (Å²) in [5.74, 6) is 0. The molecule has 1 aromatic carbocycles. The van der Waals surface area contributed by atoms with Crippen LogP contribution in [0, 0.1) is 0 Å². The maximum atomic E-state index is 4.44. The Hall–Kier alpha value is -2.16. The number of fused-ring (bicyclic) bond motifs is 1. The minimum atomic E-state index is 0.944. The molecular weight excluding hydrogens is 222 g/mol. The Kier molecular flexibility index (Phi) is 2.59. The second-order valence-corrected chi connectivity index (χ2v) is 4.39. The van der Waals surface area contributed by atoms with Crippen molar-refractivity contribution in [3.05, 3.63) is 48.4 Å². The summed E-state index contributed by atoms with van der Waals surface area (Å²) >= 11 is 0. The van der Waals surface area contributed by atoms with Crippen molar-refractivity contribution in [3.63, 3.8) is 0 Å². The third kappa shape index (κ3) is 1.68. The number of hydrogen-bond donors (Lipinski definition) is 0. The molecule has 0 atom stereocenters. The van der Waals surface area contributed by atoms with Crippen LogP contribution in [0.5, 0.6) is 0 Å². The molecule has 0 aliphatic heterocycles. The van der Waals surface area contributed by atoms with Gasteiger partial charge in [-0.2, -0.15) is 5.10 Å². The summed E-state index contributed by atoms with van der Waals surface area (Å²) in [4.78, 5) is 4.44. The van der Waals surface area contributed by atoms with E-state index in [-0.39, 0.29) is 0 Å². The molecule has 3 nitrogen and oxygen atoms in total. The Bertz CT molecular complexity index is 698. The highest BCUT2D eigenvalue weighted by atomic mass is 15.2. The minimum absolute atomic E-state index is 0.944. The summed E-state index contributed by atoms with van der Waals surface area (Å²) in [6.45, 7) is 2.13. The van der Waals surface area contributed by atoms with Crippen molar-refractivity contribution in [2.75, 3.05) is 0 Å². The smallest absolute Gasteiger partial charge is 0.0685 e. The van der Waals surface area contributed by atoms with Crippen LogP contribution in [-0.4, -0.2) is 14.8 Å². The van der Waals surface area contributed by atoms with E-state index in [0.29, 0.717) is 0 Å². The number of aryl methyl sites for hydroxylation is 2. The second-order valence-electron chi connectivity index (χ2n) is 4.39. The molecule has 0 amide bonds. The topological polar surface area (TPSA) is 30.7 Å². The van der Waals surface area contributed by atoms with Gasteiger partial charge in [-0.05, 0) is 24.1 Å². The Morgan fingerprint density at radius 2 is 2.11 bits per heavy atom. The van der Waals surface area contributed by atoms with Crippen LogP contribution in [-0.2, 0) is 13.5 Å². The fourth-order valence-corrected chi connectivity index (χ4v) is 2.29. The first-order valence-electron chi connectivity index (χ1n) is 6.15. The van der Waals surface area contributed by atoms with Crippen molar-refractivity contribution in [3.8, 4) is 11.1 Å². The molecule has 3 heteroatoms. The molecule has 0 unspecified atom stereocenters. The summed E-state index contributed by atoms with van der Waals surface area (Å²) in [5.41, 5.74) is 4.71. The van der Waals surface area contributed by atoms with Crippen molar-refractivity contribution in [1.82, 2.24) is 14.8 Å². The van der Waals surface area contributed by atoms with Gasteiger partial charge in [0.15, 0.2) is 0 Å². The summed E-state index contributed by atoms with van der Waals surface area (Å²) in [7, 11) is 1.97. The molecule has 0 bridgehead atoms. The van der Waals surface area contributed by atoms with Crippen molar-refractivity contribution in [1.29, 1.82) is 0 Å². The molecule has 0 aliphatic rings. The molecular formula is C15H15N3. The van der Waals surface area contributed by atoms with Gasteiger partial charge in [0.05, 0.1) is 11.7 Å². The lowest BCUT2D eigenvalue weighted by molar-refractivity contribution is 0.797. The van der Waals surface area contributed by atoms with Crippen LogP contribution in [0.3, 0.4) is 0 Å². The number of pyridine rings is 1. The van der Waals surface area contributed by atoms with E-state index < -0.39 is 0 Å². The Morgan fingerprint density at radius 1 is 1.22 bits per heavy atom. The van der Waals surface area contributed by atoms with Crippen LogP contribution in [0.4, 0.5) is 0 Å². The highest BCUT2D eigenvalue weighted by Crippen LogP contribution is 2.26. The highest BCUT2D eigenvalue weighted by Gasteiger charge is 2.06. The molecule has 2 heterocycles. The zero-order valence-electron chi connectivity index (χ0n) is 10.6. The fourth-order valence-electron chi connectivity index (χ4n) is 2.29. The lowest BCUT2D eigenvalue weighted by atomic mass is 10.0. The van der Waals surface area contributed by atoms with Crippen molar-refractivity contribution in [2.24, 2.45) is 7.05 Å². The molecule has 0 saturated carbocycles. The van der Waals surface area contributed by atoms with Crippen LogP contribution in [0.25, 0.3) is 22.0 Å². The second kappa shape index (κ2) is 4.26. The van der Waals surface area contributed by atoms with E-state index in [2.05, 4.69) is 41.3 Å². The molecule has 0 aliphatic carbocycles. The monoisotopic (exact) mass is 237 g/mol. The standard InChI is InChI=1S/C15H15N3/c1-3-14-13(5-4-8-16-14)11-6-7-12-10-17-18(2)15(12)9-11/h4-10H,3H2,1-2H3. The van der Waals surface area contributed by atoms with Crippen molar-refractivity contribution < 1.29 is 0 Å². The predicted octanol–water partition coefficient (Wildman–Crippen LogP) is 3.20. The zero-order valence-corrected chi connectivity index (χ0v) is 10.6. The van der Waals surface area contributed by atoms with Gasteiger partial charge in [-0.25, -0.2) is 0 Å². The van der Waals surface area contributed by atoms with Gasteiger partial charge >= 0.3 is 0 Å². The maximum absolute atomic E-state index is 4.44. The number of rotatable bonds is 2. The average Bonchev–Trinajstić information content (AvgIpc) is 2.80. The summed E-state index contributed by atoms with van der Waals surface area (Å²) in [6, 6.07) is 10.5. The third-order valence-electron chi connectivity index (χ3n) is 3.29. The van der Waals surface area contributed by atoms with Crippen molar-refractivity contribution >= 4 is 10.9 Å². The normalized spacial score (nSPS) is 11.0. The quantitative estimate of drug-likeness (QED) is 0.685. The van der Waals surface area contributed by atoms with Crippen LogP contribution in [0.15, 0.2) is 42.7 Å². The molecule has 0 radical (unpaired) electrons. The largest absolute Gasteiger partial charge is 0.268 e.